The second kappa shape index (κ2) is 5.31. The van der Waals surface area contributed by atoms with Gasteiger partial charge in [0.1, 0.15) is 11.4 Å². The van der Waals surface area contributed by atoms with E-state index in [1.54, 1.807) is 0 Å². The Kier molecular flexibility index (Phi) is 4.44. The van der Waals surface area contributed by atoms with E-state index in [1.807, 2.05) is 19.1 Å². The summed E-state index contributed by atoms with van der Waals surface area (Å²) in [6.45, 7) is 12.8. The molecule has 1 atom stereocenters. The Balaban J connectivity index is 2.75. The van der Waals surface area contributed by atoms with Crippen LogP contribution in [0.2, 0.25) is 0 Å². The van der Waals surface area contributed by atoms with Crippen LogP contribution in [0.3, 0.4) is 0 Å². The summed E-state index contributed by atoms with van der Waals surface area (Å²) < 4.78 is 6.00. The summed E-state index contributed by atoms with van der Waals surface area (Å²) in [5.41, 5.74) is 7.11. The van der Waals surface area contributed by atoms with Crippen molar-refractivity contribution in [3.8, 4) is 5.75 Å². The molecule has 2 N–H and O–H groups in total. The molecule has 0 radical (unpaired) electrons. The molecular weight excluding hydrogens is 222 g/mol. The molecule has 102 valence electrons. The average Bonchev–Trinajstić information content (AvgIpc) is 2.13. The lowest BCUT2D eigenvalue weighted by Gasteiger charge is -2.28. The minimum absolute atomic E-state index is 0.147. The molecule has 0 saturated heterocycles. The summed E-state index contributed by atoms with van der Waals surface area (Å²) in [4.78, 5) is 0. The van der Waals surface area contributed by atoms with E-state index in [9.17, 15) is 0 Å². The van der Waals surface area contributed by atoms with Gasteiger partial charge in [0.15, 0.2) is 0 Å². The third-order valence-electron chi connectivity index (χ3n) is 2.93. The third-order valence-corrected chi connectivity index (χ3v) is 2.93. The first-order chi connectivity index (χ1) is 8.10. The van der Waals surface area contributed by atoms with Crippen LogP contribution in [0.25, 0.3) is 0 Å². The van der Waals surface area contributed by atoms with E-state index in [2.05, 4.69) is 46.8 Å². The van der Waals surface area contributed by atoms with Crippen LogP contribution in [-0.2, 0) is 5.41 Å². The molecule has 0 aliphatic heterocycles. The van der Waals surface area contributed by atoms with Gasteiger partial charge in [-0.15, -0.1) is 0 Å². The van der Waals surface area contributed by atoms with Crippen LogP contribution in [0.15, 0.2) is 24.3 Å². The predicted molar refractivity (Wildman–Crippen MR) is 78.1 cm³/mol. The monoisotopic (exact) mass is 249 g/mol. The first-order valence-corrected chi connectivity index (χ1v) is 6.65. The normalized spacial score (nSPS) is 14.4. The van der Waals surface area contributed by atoms with Crippen LogP contribution in [0, 0.1) is 0 Å². The van der Waals surface area contributed by atoms with Gasteiger partial charge in [-0.2, -0.15) is 0 Å². The van der Waals surface area contributed by atoms with Crippen LogP contribution >= 0.6 is 0 Å². The van der Waals surface area contributed by atoms with E-state index < -0.39 is 0 Å². The van der Waals surface area contributed by atoms with Crippen molar-refractivity contribution in [2.24, 2.45) is 5.73 Å². The van der Waals surface area contributed by atoms with Crippen LogP contribution in [-0.4, -0.2) is 11.6 Å². The highest BCUT2D eigenvalue weighted by atomic mass is 16.5. The quantitative estimate of drug-likeness (QED) is 0.879. The lowest BCUT2D eigenvalue weighted by atomic mass is 9.87. The van der Waals surface area contributed by atoms with Crippen LogP contribution in [0.5, 0.6) is 5.75 Å². The van der Waals surface area contributed by atoms with Gasteiger partial charge in [0.05, 0.1) is 0 Å². The van der Waals surface area contributed by atoms with Gasteiger partial charge in [-0.3, -0.25) is 0 Å². The molecule has 1 unspecified atom stereocenters. The molecule has 0 amide bonds. The number of rotatable bonds is 4. The number of nitrogens with two attached hydrogens (primary N) is 1. The van der Waals surface area contributed by atoms with Crippen molar-refractivity contribution in [2.45, 2.75) is 65.0 Å². The van der Waals surface area contributed by atoms with E-state index in [1.165, 1.54) is 5.56 Å². The van der Waals surface area contributed by atoms with Crippen molar-refractivity contribution in [1.29, 1.82) is 0 Å². The lowest BCUT2D eigenvalue weighted by Crippen LogP contribution is -2.35. The van der Waals surface area contributed by atoms with Crippen molar-refractivity contribution in [3.63, 3.8) is 0 Å². The first kappa shape index (κ1) is 15.0. The molecule has 1 rings (SSSR count). The molecule has 2 nitrogen and oxygen atoms in total. The maximum absolute atomic E-state index is 6.00. The van der Waals surface area contributed by atoms with Crippen molar-refractivity contribution in [1.82, 2.24) is 0 Å². The van der Waals surface area contributed by atoms with Gasteiger partial charge in [0, 0.05) is 12.5 Å². The highest BCUT2D eigenvalue weighted by Crippen LogP contribution is 2.27. The standard InChI is InChI=1S/C16H27NO/c1-12(17)11-16(5,6)18-14-9-7-13(8-10-14)15(2,3)4/h7-10,12H,11,17H2,1-6H3. The van der Waals surface area contributed by atoms with Crippen LogP contribution < -0.4 is 10.5 Å². The molecule has 0 aliphatic rings. The smallest absolute Gasteiger partial charge is 0.120 e. The number of ether oxygens (including phenoxy) is 1. The zero-order valence-electron chi connectivity index (χ0n) is 12.6. The molecule has 0 spiro atoms. The Hall–Kier alpha value is -1.02. The average molecular weight is 249 g/mol. The number of hydrogen-bond acceptors (Lipinski definition) is 2. The maximum atomic E-state index is 6.00. The Labute approximate surface area is 112 Å². The van der Waals surface area contributed by atoms with E-state index in [4.69, 9.17) is 10.5 Å². The maximum Gasteiger partial charge on any atom is 0.120 e. The van der Waals surface area contributed by atoms with Gasteiger partial charge in [-0.1, -0.05) is 32.9 Å². The zero-order chi connectivity index (χ0) is 14.0. The summed E-state index contributed by atoms with van der Waals surface area (Å²) in [6.07, 6.45) is 0.841. The summed E-state index contributed by atoms with van der Waals surface area (Å²) in [6, 6.07) is 8.51. The summed E-state index contributed by atoms with van der Waals surface area (Å²) in [5.74, 6) is 0.911. The molecule has 2 heteroatoms. The second-order valence-corrected chi connectivity index (χ2v) is 6.82. The van der Waals surface area contributed by atoms with Gasteiger partial charge < -0.3 is 10.5 Å². The second-order valence-electron chi connectivity index (χ2n) is 6.82. The molecule has 18 heavy (non-hydrogen) atoms. The number of benzene rings is 1. The molecule has 0 aliphatic carbocycles. The van der Waals surface area contributed by atoms with Gasteiger partial charge in [0.25, 0.3) is 0 Å². The Bertz CT molecular complexity index is 371. The fourth-order valence-electron chi connectivity index (χ4n) is 2.16. The third kappa shape index (κ3) is 4.69. The predicted octanol–water partition coefficient (Wildman–Crippen LogP) is 3.88. The molecule has 0 aromatic heterocycles. The summed E-state index contributed by atoms with van der Waals surface area (Å²) in [7, 11) is 0. The topological polar surface area (TPSA) is 35.2 Å². The van der Waals surface area contributed by atoms with Crippen molar-refractivity contribution < 1.29 is 4.74 Å². The van der Waals surface area contributed by atoms with E-state index in [0.29, 0.717) is 0 Å². The molecule has 0 heterocycles. The molecule has 1 aromatic rings. The zero-order valence-corrected chi connectivity index (χ0v) is 12.6. The van der Waals surface area contributed by atoms with E-state index in [0.717, 1.165) is 12.2 Å². The molecular formula is C16H27NO. The highest BCUT2D eigenvalue weighted by Gasteiger charge is 2.22. The van der Waals surface area contributed by atoms with E-state index in [-0.39, 0.29) is 17.1 Å². The molecule has 0 fully saturated rings. The number of hydrogen-bond donors (Lipinski definition) is 1. The Morgan fingerprint density at radius 1 is 1.06 bits per heavy atom. The Morgan fingerprint density at radius 2 is 1.56 bits per heavy atom. The van der Waals surface area contributed by atoms with Crippen LogP contribution in [0.1, 0.15) is 53.5 Å². The van der Waals surface area contributed by atoms with Crippen molar-refractivity contribution >= 4 is 0 Å². The summed E-state index contributed by atoms with van der Waals surface area (Å²) >= 11 is 0. The molecule has 1 aromatic carbocycles. The lowest BCUT2D eigenvalue weighted by molar-refractivity contribution is 0.0933. The fraction of sp³-hybridized carbons (Fsp3) is 0.625. The van der Waals surface area contributed by atoms with Crippen molar-refractivity contribution in [3.05, 3.63) is 29.8 Å². The van der Waals surface area contributed by atoms with Gasteiger partial charge >= 0.3 is 0 Å². The minimum Gasteiger partial charge on any atom is -0.488 e. The highest BCUT2D eigenvalue weighted by molar-refractivity contribution is 5.31. The van der Waals surface area contributed by atoms with Crippen LogP contribution in [0.4, 0.5) is 0 Å². The largest absolute Gasteiger partial charge is 0.488 e. The summed E-state index contributed by atoms with van der Waals surface area (Å²) in [5, 5.41) is 0. The van der Waals surface area contributed by atoms with E-state index >= 15 is 0 Å². The SMILES string of the molecule is CC(N)CC(C)(C)Oc1ccc(C(C)(C)C)cc1. The first-order valence-electron chi connectivity index (χ1n) is 6.65. The van der Waals surface area contributed by atoms with Gasteiger partial charge in [-0.25, -0.2) is 0 Å². The molecule has 0 saturated carbocycles. The van der Waals surface area contributed by atoms with Gasteiger partial charge in [0.2, 0.25) is 0 Å². The van der Waals surface area contributed by atoms with Gasteiger partial charge in [-0.05, 0) is 43.9 Å². The Morgan fingerprint density at radius 3 is 1.94 bits per heavy atom. The van der Waals surface area contributed by atoms with Crippen molar-refractivity contribution in [2.75, 3.05) is 0 Å². The fourth-order valence-corrected chi connectivity index (χ4v) is 2.16. The molecule has 0 bridgehead atoms. The minimum atomic E-state index is -0.225.